The highest BCUT2D eigenvalue weighted by atomic mass is 16.6. The van der Waals surface area contributed by atoms with Crippen LogP contribution in [0.5, 0.6) is 0 Å². The standard InChI is InChI=1S/C15H23N3O6/c1-8(2)6-11(20)24-12-9(7-19)23-13(15(12,3)22)18-5-4-10(16)17-14(18)21/h4-5,8-9,12-13,19,22H,6-7H2,1-3H3,(H2,16,17,21)/t9-,12?,13-,15+/m1/s1. The van der Waals surface area contributed by atoms with E-state index < -0.39 is 42.3 Å². The Labute approximate surface area is 139 Å². The van der Waals surface area contributed by atoms with Crippen molar-refractivity contribution >= 4 is 11.8 Å². The summed E-state index contributed by atoms with van der Waals surface area (Å²) in [7, 11) is 0. The first-order valence-electron chi connectivity index (χ1n) is 7.69. The van der Waals surface area contributed by atoms with Crippen molar-refractivity contribution in [2.24, 2.45) is 5.92 Å². The molecule has 24 heavy (non-hydrogen) atoms. The van der Waals surface area contributed by atoms with Crippen molar-refractivity contribution in [3.8, 4) is 0 Å². The molecule has 1 aliphatic rings. The normalized spacial score (nSPS) is 29.8. The van der Waals surface area contributed by atoms with Gasteiger partial charge in [-0.15, -0.1) is 0 Å². The maximum atomic E-state index is 12.0. The Morgan fingerprint density at radius 2 is 2.25 bits per heavy atom. The van der Waals surface area contributed by atoms with Gasteiger partial charge in [0.05, 0.1) is 6.61 Å². The molecule has 0 spiro atoms. The summed E-state index contributed by atoms with van der Waals surface area (Å²) in [6, 6.07) is 1.38. The molecule has 1 fully saturated rings. The molecule has 1 aromatic heterocycles. The highest BCUT2D eigenvalue weighted by Gasteiger charge is 2.56. The van der Waals surface area contributed by atoms with Crippen LogP contribution in [0.25, 0.3) is 0 Å². The minimum absolute atomic E-state index is 0.0347. The number of ether oxygens (including phenoxy) is 2. The number of rotatable bonds is 5. The molecule has 1 saturated heterocycles. The molecule has 2 rings (SSSR count). The monoisotopic (exact) mass is 341 g/mol. The first-order valence-corrected chi connectivity index (χ1v) is 7.69. The molecule has 134 valence electrons. The number of aliphatic hydroxyl groups is 2. The number of hydrogen-bond donors (Lipinski definition) is 3. The number of carbonyl (C=O) groups is 1. The molecule has 2 heterocycles. The molecule has 4 atom stereocenters. The van der Waals surface area contributed by atoms with Crippen LogP contribution in [0.4, 0.5) is 5.82 Å². The second-order valence-electron chi connectivity index (χ2n) is 6.49. The smallest absolute Gasteiger partial charge is 0.351 e. The Kier molecular flexibility index (Phi) is 5.26. The zero-order valence-corrected chi connectivity index (χ0v) is 13.9. The molecule has 4 N–H and O–H groups in total. The zero-order valence-electron chi connectivity index (χ0n) is 13.9. The van der Waals surface area contributed by atoms with Crippen LogP contribution in [0.1, 0.15) is 33.4 Å². The fraction of sp³-hybridized carbons (Fsp3) is 0.667. The van der Waals surface area contributed by atoms with Crippen molar-refractivity contribution < 1.29 is 24.5 Å². The molecule has 1 unspecified atom stereocenters. The van der Waals surface area contributed by atoms with E-state index in [-0.39, 0.29) is 18.2 Å². The Hall–Kier alpha value is -1.97. The average Bonchev–Trinajstić information content (AvgIpc) is 2.70. The molecule has 9 nitrogen and oxygen atoms in total. The van der Waals surface area contributed by atoms with E-state index in [1.807, 2.05) is 13.8 Å². The molecule has 0 saturated carbocycles. The lowest BCUT2D eigenvalue weighted by Crippen LogP contribution is -2.48. The summed E-state index contributed by atoms with van der Waals surface area (Å²) in [4.78, 5) is 27.5. The van der Waals surface area contributed by atoms with Gasteiger partial charge in [0.25, 0.3) is 0 Å². The molecule has 1 aromatic rings. The van der Waals surface area contributed by atoms with Crippen molar-refractivity contribution in [2.75, 3.05) is 12.3 Å². The average molecular weight is 341 g/mol. The summed E-state index contributed by atoms with van der Waals surface area (Å²) in [5.74, 6) is -0.398. The van der Waals surface area contributed by atoms with Gasteiger partial charge in [-0.3, -0.25) is 9.36 Å². The van der Waals surface area contributed by atoms with Crippen LogP contribution in [0.15, 0.2) is 17.1 Å². The van der Waals surface area contributed by atoms with Gasteiger partial charge >= 0.3 is 11.7 Å². The predicted octanol–water partition coefficient (Wildman–Crippen LogP) is -0.576. The fourth-order valence-electron chi connectivity index (χ4n) is 2.70. The van der Waals surface area contributed by atoms with Gasteiger partial charge in [0.15, 0.2) is 12.3 Å². The van der Waals surface area contributed by atoms with Crippen molar-refractivity contribution in [1.82, 2.24) is 9.55 Å². The second kappa shape index (κ2) is 6.88. The third kappa shape index (κ3) is 3.58. The molecule has 0 radical (unpaired) electrons. The van der Waals surface area contributed by atoms with E-state index in [2.05, 4.69) is 4.98 Å². The van der Waals surface area contributed by atoms with Crippen LogP contribution in [0.3, 0.4) is 0 Å². The van der Waals surface area contributed by atoms with Crippen LogP contribution in [0.2, 0.25) is 0 Å². The van der Waals surface area contributed by atoms with Gasteiger partial charge in [-0.1, -0.05) is 13.8 Å². The molecule has 9 heteroatoms. The van der Waals surface area contributed by atoms with Crippen molar-refractivity contribution in [3.05, 3.63) is 22.7 Å². The summed E-state index contributed by atoms with van der Waals surface area (Å²) in [5, 5.41) is 20.3. The summed E-state index contributed by atoms with van der Waals surface area (Å²) < 4.78 is 11.9. The van der Waals surface area contributed by atoms with Gasteiger partial charge in [-0.25, -0.2) is 4.79 Å². The van der Waals surface area contributed by atoms with Crippen molar-refractivity contribution in [1.29, 1.82) is 0 Å². The van der Waals surface area contributed by atoms with Crippen LogP contribution in [-0.2, 0) is 14.3 Å². The minimum Gasteiger partial charge on any atom is -0.456 e. The van der Waals surface area contributed by atoms with Gasteiger partial charge in [-0.05, 0) is 18.9 Å². The molecular weight excluding hydrogens is 318 g/mol. The maximum Gasteiger partial charge on any atom is 0.351 e. The first kappa shape index (κ1) is 18.4. The lowest BCUT2D eigenvalue weighted by molar-refractivity contribution is -0.165. The highest BCUT2D eigenvalue weighted by Crippen LogP contribution is 2.39. The Bertz CT molecular complexity index is 657. The van der Waals surface area contributed by atoms with Gasteiger partial charge in [0.1, 0.15) is 17.5 Å². The highest BCUT2D eigenvalue weighted by molar-refractivity contribution is 5.70. The largest absolute Gasteiger partial charge is 0.456 e. The third-order valence-electron chi connectivity index (χ3n) is 3.83. The van der Waals surface area contributed by atoms with Gasteiger partial charge < -0.3 is 25.4 Å². The topological polar surface area (TPSA) is 137 Å². The van der Waals surface area contributed by atoms with E-state index in [1.54, 1.807) is 0 Å². The molecular formula is C15H23N3O6. The zero-order chi connectivity index (χ0) is 18.1. The van der Waals surface area contributed by atoms with E-state index in [9.17, 15) is 19.8 Å². The fourth-order valence-corrected chi connectivity index (χ4v) is 2.70. The van der Waals surface area contributed by atoms with Gasteiger partial charge in [0, 0.05) is 12.6 Å². The van der Waals surface area contributed by atoms with E-state index in [0.717, 1.165) is 4.57 Å². The Morgan fingerprint density at radius 1 is 1.58 bits per heavy atom. The maximum absolute atomic E-state index is 12.0. The van der Waals surface area contributed by atoms with E-state index in [4.69, 9.17) is 15.2 Å². The predicted molar refractivity (Wildman–Crippen MR) is 83.9 cm³/mol. The van der Waals surface area contributed by atoms with Crippen molar-refractivity contribution in [2.45, 2.75) is 51.2 Å². The molecule has 0 aliphatic carbocycles. The summed E-state index contributed by atoms with van der Waals surface area (Å²) >= 11 is 0. The number of esters is 1. The molecule has 1 aliphatic heterocycles. The van der Waals surface area contributed by atoms with E-state index >= 15 is 0 Å². The minimum atomic E-state index is -1.73. The number of aromatic nitrogens is 2. The number of nitrogens with zero attached hydrogens (tertiary/aromatic N) is 2. The SMILES string of the molecule is CC(C)CC(=O)OC1[C@@H](CO)O[C@@H](n2ccc(N)nc2=O)[C@@]1(C)O. The summed E-state index contributed by atoms with van der Waals surface area (Å²) in [6.07, 6.45) is -1.77. The second-order valence-corrected chi connectivity index (χ2v) is 6.49. The van der Waals surface area contributed by atoms with Crippen LogP contribution < -0.4 is 11.4 Å². The first-order chi connectivity index (χ1) is 11.2. The summed E-state index contributed by atoms with van der Waals surface area (Å²) in [6.45, 7) is 4.61. The lowest BCUT2D eigenvalue weighted by atomic mass is 9.96. The van der Waals surface area contributed by atoms with E-state index in [1.165, 1.54) is 19.2 Å². The number of aliphatic hydroxyl groups excluding tert-OH is 1. The quantitative estimate of drug-likeness (QED) is 0.605. The third-order valence-corrected chi connectivity index (χ3v) is 3.83. The Balaban J connectivity index is 2.30. The van der Waals surface area contributed by atoms with Crippen LogP contribution in [-0.4, -0.2) is 50.1 Å². The number of anilines is 1. The number of nitrogen functional groups attached to an aromatic ring is 1. The molecule has 0 amide bonds. The van der Waals surface area contributed by atoms with Crippen molar-refractivity contribution in [3.63, 3.8) is 0 Å². The van der Waals surface area contributed by atoms with Crippen LogP contribution in [0, 0.1) is 5.92 Å². The van der Waals surface area contributed by atoms with E-state index in [0.29, 0.717) is 0 Å². The van der Waals surface area contributed by atoms with Crippen LogP contribution >= 0.6 is 0 Å². The van der Waals surface area contributed by atoms with Gasteiger partial charge in [-0.2, -0.15) is 4.98 Å². The molecule has 0 aromatic carbocycles. The number of nitrogens with two attached hydrogens (primary N) is 1. The Morgan fingerprint density at radius 3 is 2.79 bits per heavy atom. The summed E-state index contributed by atoms with van der Waals surface area (Å²) in [5.41, 5.74) is 3.00. The number of hydrogen-bond acceptors (Lipinski definition) is 8. The molecule has 0 bridgehead atoms. The number of carbonyl (C=O) groups excluding carboxylic acids is 1. The lowest BCUT2D eigenvalue weighted by Gasteiger charge is -2.30. The van der Waals surface area contributed by atoms with Gasteiger partial charge in [0.2, 0.25) is 0 Å².